The number of carbonyl (C=O) groups is 1. The summed E-state index contributed by atoms with van der Waals surface area (Å²) in [7, 11) is 0. The molecule has 0 bridgehead atoms. The van der Waals surface area contributed by atoms with Crippen LogP contribution in [0.15, 0.2) is 10.5 Å². The molecular weight excluding hydrogens is 324 g/mol. The maximum absolute atomic E-state index is 11.0. The van der Waals surface area contributed by atoms with Gasteiger partial charge in [0.05, 0.1) is 16.5 Å². The number of halogens is 1. The summed E-state index contributed by atoms with van der Waals surface area (Å²) in [5, 5.41) is 18.9. The van der Waals surface area contributed by atoms with Crippen LogP contribution >= 0.6 is 15.9 Å². The second-order valence-electron chi connectivity index (χ2n) is 5.62. The third kappa shape index (κ3) is 3.88. The van der Waals surface area contributed by atoms with Gasteiger partial charge in [-0.15, -0.1) is 0 Å². The van der Waals surface area contributed by atoms with Crippen LogP contribution in [0.2, 0.25) is 0 Å². The number of rotatable bonds is 6. The van der Waals surface area contributed by atoms with E-state index in [-0.39, 0.29) is 5.75 Å². The van der Waals surface area contributed by atoms with Crippen molar-refractivity contribution >= 4 is 21.9 Å². The second kappa shape index (κ2) is 6.48. The van der Waals surface area contributed by atoms with E-state index in [9.17, 15) is 9.90 Å². The van der Waals surface area contributed by atoms with Gasteiger partial charge >= 0.3 is 5.97 Å². The molecule has 0 aliphatic rings. The highest BCUT2D eigenvalue weighted by Crippen LogP contribution is 2.37. The average molecular weight is 345 g/mol. The van der Waals surface area contributed by atoms with Crippen LogP contribution in [0, 0.1) is 19.3 Å². The third-order valence-electron chi connectivity index (χ3n) is 3.41. The van der Waals surface area contributed by atoms with Crippen molar-refractivity contribution in [1.82, 2.24) is 0 Å². The lowest BCUT2D eigenvalue weighted by Crippen LogP contribution is -2.24. The molecule has 4 nitrogen and oxygen atoms in total. The molecule has 1 aromatic rings. The fourth-order valence-electron chi connectivity index (χ4n) is 1.79. The molecule has 0 fully saturated rings. The van der Waals surface area contributed by atoms with Gasteiger partial charge in [-0.2, -0.15) is 0 Å². The lowest BCUT2D eigenvalue weighted by Gasteiger charge is -2.19. The van der Waals surface area contributed by atoms with E-state index in [2.05, 4.69) is 15.9 Å². The number of hydrogen-bond acceptors (Lipinski definition) is 3. The number of phenols is 1. The van der Waals surface area contributed by atoms with E-state index in [1.807, 2.05) is 13.0 Å². The maximum Gasteiger partial charge on any atom is 0.309 e. The first-order chi connectivity index (χ1) is 9.16. The predicted molar refractivity (Wildman–Crippen MR) is 81.4 cm³/mol. The van der Waals surface area contributed by atoms with Crippen LogP contribution in [0.5, 0.6) is 11.5 Å². The molecule has 112 valence electrons. The lowest BCUT2D eigenvalue weighted by molar-refractivity contribution is -0.147. The molecule has 0 amide bonds. The van der Waals surface area contributed by atoms with Crippen molar-refractivity contribution in [2.45, 2.75) is 40.5 Å². The van der Waals surface area contributed by atoms with Crippen LogP contribution in [0.4, 0.5) is 0 Å². The zero-order valence-electron chi connectivity index (χ0n) is 12.3. The number of aromatic hydroxyl groups is 1. The van der Waals surface area contributed by atoms with Gasteiger partial charge < -0.3 is 14.9 Å². The summed E-state index contributed by atoms with van der Waals surface area (Å²) in [6.07, 6.45) is 1.19. The monoisotopic (exact) mass is 344 g/mol. The summed E-state index contributed by atoms with van der Waals surface area (Å²) in [4.78, 5) is 11.0. The molecule has 0 spiro atoms. The molecule has 0 saturated carbocycles. The Kier molecular flexibility index (Phi) is 5.45. The fraction of sp³-hybridized carbons (Fsp3) is 0.533. The highest BCUT2D eigenvalue weighted by atomic mass is 79.9. The molecule has 1 rings (SSSR count). The van der Waals surface area contributed by atoms with Gasteiger partial charge in [0.25, 0.3) is 0 Å². The minimum atomic E-state index is -0.800. The van der Waals surface area contributed by atoms with Crippen molar-refractivity contribution in [1.29, 1.82) is 0 Å². The maximum atomic E-state index is 11.0. The minimum Gasteiger partial charge on any atom is -0.506 e. The van der Waals surface area contributed by atoms with Crippen LogP contribution in [0.1, 0.15) is 37.8 Å². The van der Waals surface area contributed by atoms with Crippen molar-refractivity contribution in [2.75, 3.05) is 6.61 Å². The Morgan fingerprint density at radius 3 is 2.55 bits per heavy atom. The Balaban J connectivity index is 2.62. The van der Waals surface area contributed by atoms with Crippen molar-refractivity contribution in [3.05, 3.63) is 21.7 Å². The summed E-state index contributed by atoms with van der Waals surface area (Å²) >= 11 is 3.32. The summed E-state index contributed by atoms with van der Waals surface area (Å²) < 4.78 is 6.33. The van der Waals surface area contributed by atoms with Gasteiger partial charge in [-0.3, -0.25) is 4.79 Å². The van der Waals surface area contributed by atoms with Gasteiger partial charge in [0.2, 0.25) is 0 Å². The third-order valence-corrected chi connectivity index (χ3v) is 4.41. The minimum absolute atomic E-state index is 0.186. The zero-order valence-corrected chi connectivity index (χ0v) is 13.9. The Labute approximate surface area is 127 Å². The Bertz CT molecular complexity index is 509. The SMILES string of the molecule is Cc1cc(OCCCC(C)(C)C(=O)O)c(C)c(O)c1Br. The van der Waals surface area contributed by atoms with Crippen LogP contribution in [-0.2, 0) is 4.79 Å². The van der Waals surface area contributed by atoms with Crippen molar-refractivity contribution in [2.24, 2.45) is 5.41 Å². The lowest BCUT2D eigenvalue weighted by atomic mass is 9.88. The number of carboxylic acids is 1. The van der Waals surface area contributed by atoms with Gasteiger partial charge in [-0.05, 0) is 68.1 Å². The largest absolute Gasteiger partial charge is 0.506 e. The summed E-state index contributed by atoms with van der Waals surface area (Å²) in [6.45, 7) is 7.50. The zero-order chi connectivity index (χ0) is 15.5. The summed E-state index contributed by atoms with van der Waals surface area (Å²) in [5.74, 6) is 0.0213. The van der Waals surface area contributed by atoms with E-state index in [1.165, 1.54) is 0 Å². The Hall–Kier alpha value is -1.23. The van der Waals surface area contributed by atoms with Gasteiger partial charge in [0.1, 0.15) is 11.5 Å². The Morgan fingerprint density at radius 2 is 2.00 bits per heavy atom. The van der Waals surface area contributed by atoms with E-state index in [0.29, 0.717) is 35.2 Å². The molecular formula is C15H21BrO4. The number of phenolic OH excluding ortho intramolecular Hbond substituents is 1. The van der Waals surface area contributed by atoms with Crippen molar-refractivity contribution in [3.63, 3.8) is 0 Å². The standard InChI is InChI=1S/C15H21BrO4/c1-9-8-11(10(2)13(17)12(9)16)20-7-5-6-15(3,4)14(18)19/h8,17H,5-7H2,1-4H3,(H,18,19). The molecule has 1 aromatic carbocycles. The first-order valence-corrected chi connectivity index (χ1v) is 7.31. The van der Waals surface area contributed by atoms with Gasteiger partial charge in [0, 0.05) is 5.56 Å². The first kappa shape index (κ1) is 16.8. The quantitative estimate of drug-likeness (QED) is 0.764. The molecule has 0 radical (unpaired) electrons. The normalized spacial score (nSPS) is 11.4. The smallest absolute Gasteiger partial charge is 0.309 e. The van der Waals surface area contributed by atoms with E-state index in [0.717, 1.165) is 5.56 Å². The number of hydrogen-bond donors (Lipinski definition) is 2. The molecule has 0 aromatic heterocycles. The number of carboxylic acid groups (broad SMARTS) is 1. The number of ether oxygens (including phenoxy) is 1. The molecule has 2 N–H and O–H groups in total. The van der Waals surface area contributed by atoms with Gasteiger partial charge in [0.15, 0.2) is 0 Å². The molecule has 5 heteroatoms. The fourth-order valence-corrected chi connectivity index (χ4v) is 2.20. The van der Waals surface area contributed by atoms with Crippen LogP contribution < -0.4 is 4.74 Å². The van der Waals surface area contributed by atoms with Gasteiger partial charge in [-0.25, -0.2) is 0 Å². The van der Waals surface area contributed by atoms with Crippen LogP contribution in [0.3, 0.4) is 0 Å². The Morgan fingerprint density at radius 1 is 1.40 bits per heavy atom. The molecule has 0 unspecified atom stereocenters. The molecule has 0 heterocycles. The van der Waals surface area contributed by atoms with E-state index < -0.39 is 11.4 Å². The summed E-state index contributed by atoms with van der Waals surface area (Å²) in [5.41, 5.74) is 0.838. The molecule has 0 aliphatic heterocycles. The first-order valence-electron chi connectivity index (χ1n) is 6.51. The summed E-state index contributed by atoms with van der Waals surface area (Å²) in [6, 6.07) is 1.86. The van der Waals surface area contributed by atoms with Crippen LogP contribution in [0.25, 0.3) is 0 Å². The highest BCUT2D eigenvalue weighted by Gasteiger charge is 2.26. The van der Waals surface area contributed by atoms with Crippen molar-refractivity contribution < 1.29 is 19.7 Å². The predicted octanol–water partition coefficient (Wildman–Crippen LogP) is 4.04. The molecule has 0 saturated heterocycles. The van der Waals surface area contributed by atoms with E-state index >= 15 is 0 Å². The highest BCUT2D eigenvalue weighted by molar-refractivity contribution is 9.10. The molecule has 0 aliphatic carbocycles. The number of benzene rings is 1. The molecule has 20 heavy (non-hydrogen) atoms. The molecule has 0 atom stereocenters. The van der Waals surface area contributed by atoms with Gasteiger partial charge in [-0.1, -0.05) is 0 Å². The number of aliphatic carboxylic acids is 1. The second-order valence-corrected chi connectivity index (χ2v) is 6.41. The van der Waals surface area contributed by atoms with Crippen LogP contribution in [-0.4, -0.2) is 22.8 Å². The van der Waals surface area contributed by atoms with Crippen molar-refractivity contribution in [3.8, 4) is 11.5 Å². The number of aryl methyl sites for hydroxylation is 1. The average Bonchev–Trinajstić information content (AvgIpc) is 2.37. The van der Waals surface area contributed by atoms with E-state index in [1.54, 1.807) is 20.8 Å². The van der Waals surface area contributed by atoms with E-state index in [4.69, 9.17) is 9.84 Å². The topological polar surface area (TPSA) is 66.8 Å².